The molecule has 4 heteroatoms. The molecular formula is C15H21NO3. The number of hydrogen-bond donors (Lipinski definition) is 3. The third kappa shape index (κ3) is 2.73. The largest absolute Gasteiger partial charge is 0.507 e. The maximum atomic E-state index is 12.2. The summed E-state index contributed by atoms with van der Waals surface area (Å²) in [5.41, 5.74) is 0.948. The number of aliphatic hydroxyl groups is 1. The Morgan fingerprint density at radius 3 is 2.89 bits per heavy atom. The Bertz CT molecular complexity index is 486. The molecule has 1 saturated carbocycles. The molecule has 0 bridgehead atoms. The van der Waals surface area contributed by atoms with Gasteiger partial charge in [-0.25, -0.2) is 0 Å². The van der Waals surface area contributed by atoms with Gasteiger partial charge in [0.1, 0.15) is 5.75 Å². The van der Waals surface area contributed by atoms with Crippen LogP contribution in [0.15, 0.2) is 18.2 Å². The molecule has 2 unspecified atom stereocenters. The highest BCUT2D eigenvalue weighted by atomic mass is 16.3. The molecule has 0 radical (unpaired) electrons. The van der Waals surface area contributed by atoms with E-state index in [-0.39, 0.29) is 35.3 Å². The Morgan fingerprint density at radius 1 is 1.53 bits per heavy atom. The number of amides is 1. The highest BCUT2D eigenvalue weighted by Gasteiger charge is 2.39. The van der Waals surface area contributed by atoms with Crippen molar-refractivity contribution in [2.24, 2.45) is 5.41 Å². The van der Waals surface area contributed by atoms with Crippen molar-refractivity contribution in [3.63, 3.8) is 0 Å². The van der Waals surface area contributed by atoms with Gasteiger partial charge >= 0.3 is 0 Å². The molecule has 2 rings (SSSR count). The number of rotatable bonds is 3. The summed E-state index contributed by atoms with van der Waals surface area (Å²) in [6.07, 6.45) is 2.78. The van der Waals surface area contributed by atoms with Gasteiger partial charge < -0.3 is 15.5 Å². The maximum absolute atomic E-state index is 12.2. The van der Waals surface area contributed by atoms with Crippen molar-refractivity contribution >= 4 is 5.91 Å². The molecule has 0 aromatic heterocycles. The van der Waals surface area contributed by atoms with Crippen LogP contribution in [0.25, 0.3) is 0 Å². The van der Waals surface area contributed by atoms with E-state index in [2.05, 4.69) is 5.32 Å². The van der Waals surface area contributed by atoms with Gasteiger partial charge in [-0.15, -0.1) is 0 Å². The van der Waals surface area contributed by atoms with E-state index >= 15 is 0 Å². The lowest BCUT2D eigenvalue weighted by molar-refractivity contribution is 0.0828. The molecule has 1 aromatic rings. The zero-order chi connectivity index (χ0) is 14.0. The van der Waals surface area contributed by atoms with Crippen LogP contribution in [0.4, 0.5) is 0 Å². The minimum Gasteiger partial charge on any atom is -0.507 e. The van der Waals surface area contributed by atoms with Crippen LogP contribution in [-0.4, -0.2) is 28.8 Å². The van der Waals surface area contributed by atoms with E-state index in [0.29, 0.717) is 0 Å². The fraction of sp³-hybridized carbons (Fsp3) is 0.533. The van der Waals surface area contributed by atoms with Crippen LogP contribution in [0.1, 0.15) is 42.1 Å². The van der Waals surface area contributed by atoms with Crippen LogP contribution < -0.4 is 5.32 Å². The summed E-state index contributed by atoms with van der Waals surface area (Å²) in [6.45, 7) is 3.92. The summed E-state index contributed by atoms with van der Waals surface area (Å²) in [5, 5.41) is 22.2. The molecule has 1 aliphatic carbocycles. The van der Waals surface area contributed by atoms with Crippen molar-refractivity contribution in [2.75, 3.05) is 6.61 Å². The highest BCUT2D eigenvalue weighted by molar-refractivity contribution is 5.97. The number of phenolic OH excluding ortho intramolecular Hbond substituents is 1. The molecular weight excluding hydrogens is 242 g/mol. The molecule has 4 nitrogen and oxygen atoms in total. The number of aliphatic hydroxyl groups excluding tert-OH is 1. The van der Waals surface area contributed by atoms with Crippen LogP contribution >= 0.6 is 0 Å². The summed E-state index contributed by atoms with van der Waals surface area (Å²) >= 11 is 0. The lowest BCUT2D eigenvalue weighted by Crippen LogP contribution is -2.44. The van der Waals surface area contributed by atoms with E-state index in [9.17, 15) is 15.0 Å². The van der Waals surface area contributed by atoms with E-state index in [1.165, 1.54) is 0 Å². The smallest absolute Gasteiger partial charge is 0.255 e. The molecule has 1 amide bonds. The summed E-state index contributed by atoms with van der Waals surface area (Å²) < 4.78 is 0. The second kappa shape index (κ2) is 5.21. The van der Waals surface area contributed by atoms with Gasteiger partial charge in [-0.3, -0.25) is 4.79 Å². The van der Waals surface area contributed by atoms with Crippen molar-refractivity contribution in [2.45, 2.75) is 39.2 Å². The van der Waals surface area contributed by atoms with Crippen molar-refractivity contribution < 1.29 is 15.0 Å². The van der Waals surface area contributed by atoms with Gasteiger partial charge in [0.25, 0.3) is 5.91 Å². The molecule has 1 aliphatic rings. The van der Waals surface area contributed by atoms with Gasteiger partial charge in [0.2, 0.25) is 0 Å². The molecule has 1 fully saturated rings. The zero-order valence-corrected chi connectivity index (χ0v) is 11.4. The quantitative estimate of drug-likeness (QED) is 0.781. The summed E-state index contributed by atoms with van der Waals surface area (Å²) in [7, 11) is 0. The third-order valence-electron chi connectivity index (χ3n) is 4.15. The predicted octanol–water partition coefficient (Wildman–Crippen LogP) is 1.98. The lowest BCUT2D eigenvalue weighted by Gasteiger charge is -2.30. The monoisotopic (exact) mass is 263 g/mol. The van der Waals surface area contributed by atoms with Crippen molar-refractivity contribution in [3.05, 3.63) is 29.3 Å². The number of carbonyl (C=O) groups excluding carboxylic acids is 1. The standard InChI is InChI=1S/C15H21NO3/c1-10-5-6-11(12(18)8-10)14(19)16-13-4-3-7-15(13,2)9-17/h5-6,8,13,17-18H,3-4,7,9H2,1-2H3,(H,16,19). The molecule has 2 atom stereocenters. The lowest BCUT2D eigenvalue weighted by atomic mass is 9.85. The van der Waals surface area contributed by atoms with Crippen LogP contribution in [0.5, 0.6) is 5.75 Å². The van der Waals surface area contributed by atoms with E-state index in [1.807, 2.05) is 13.8 Å². The fourth-order valence-electron chi connectivity index (χ4n) is 2.74. The van der Waals surface area contributed by atoms with Gasteiger partial charge in [0.05, 0.1) is 12.2 Å². The topological polar surface area (TPSA) is 69.6 Å². The van der Waals surface area contributed by atoms with Gasteiger partial charge in [-0.1, -0.05) is 19.4 Å². The predicted molar refractivity (Wildman–Crippen MR) is 73.1 cm³/mol. The number of benzene rings is 1. The van der Waals surface area contributed by atoms with Crippen molar-refractivity contribution in [1.29, 1.82) is 0 Å². The Kier molecular flexibility index (Phi) is 3.80. The maximum Gasteiger partial charge on any atom is 0.255 e. The molecule has 0 aliphatic heterocycles. The summed E-state index contributed by atoms with van der Waals surface area (Å²) in [4.78, 5) is 12.2. The number of aryl methyl sites for hydroxylation is 1. The second-order valence-corrected chi connectivity index (χ2v) is 5.75. The van der Waals surface area contributed by atoms with Crippen LogP contribution in [0.2, 0.25) is 0 Å². The fourth-order valence-corrected chi connectivity index (χ4v) is 2.74. The Labute approximate surface area is 113 Å². The van der Waals surface area contributed by atoms with Crippen LogP contribution in [-0.2, 0) is 0 Å². The molecule has 19 heavy (non-hydrogen) atoms. The van der Waals surface area contributed by atoms with E-state index in [4.69, 9.17) is 0 Å². The zero-order valence-electron chi connectivity index (χ0n) is 11.4. The molecule has 0 spiro atoms. The van der Waals surface area contributed by atoms with Gasteiger partial charge in [0, 0.05) is 11.5 Å². The average Bonchev–Trinajstić information content (AvgIpc) is 2.71. The number of carbonyl (C=O) groups is 1. The molecule has 1 aromatic carbocycles. The molecule has 0 saturated heterocycles. The second-order valence-electron chi connectivity index (χ2n) is 5.75. The average molecular weight is 263 g/mol. The first-order valence-corrected chi connectivity index (χ1v) is 6.67. The minimum absolute atomic E-state index is 0.00111. The summed E-state index contributed by atoms with van der Waals surface area (Å²) in [6, 6.07) is 4.97. The van der Waals surface area contributed by atoms with E-state index in [0.717, 1.165) is 24.8 Å². The highest BCUT2D eigenvalue weighted by Crippen LogP contribution is 2.37. The number of nitrogens with one attached hydrogen (secondary N) is 1. The van der Waals surface area contributed by atoms with E-state index < -0.39 is 0 Å². The van der Waals surface area contributed by atoms with E-state index in [1.54, 1.807) is 18.2 Å². The Morgan fingerprint density at radius 2 is 2.26 bits per heavy atom. The first-order valence-electron chi connectivity index (χ1n) is 6.67. The van der Waals surface area contributed by atoms with Crippen LogP contribution in [0, 0.1) is 12.3 Å². The third-order valence-corrected chi connectivity index (χ3v) is 4.15. The molecule has 104 valence electrons. The van der Waals surface area contributed by atoms with Crippen molar-refractivity contribution in [3.8, 4) is 5.75 Å². The van der Waals surface area contributed by atoms with Gasteiger partial charge in [-0.05, 0) is 37.5 Å². The Hall–Kier alpha value is -1.55. The Balaban J connectivity index is 2.13. The number of aromatic hydroxyl groups is 1. The normalized spacial score (nSPS) is 26.4. The van der Waals surface area contributed by atoms with Crippen LogP contribution in [0.3, 0.4) is 0 Å². The first-order chi connectivity index (χ1) is 8.96. The number of hydrogen-bond acceptors (Lipinski definition) is 3. The molecule has 0 heterocycles. The summed E-state index contributed by atoms with van der Waals surface area (Å²) in [5.74, 6) is -0.273. The van der Waals surface area contributed by atoms with Gasteiger partial charge in [-0.2, -0.15) is 0 Å². The molecule has 3 N–H and O–H groups in total. The first kappa shape index (κ1) is 13.9. The van der Waals surface area contributed by atoms with Crippen molar-refractivity contribution in [1.82, 2.24) is 5.32 Å². The van der Waals surface area contributed by atoms with Gasteiger partial charge in [0.15, 0.2) is 0 Å². The number of phenols is 1. The minimum atomic E-state index is -0.274. The SMILES string of the molecule is Cc1ccc(C(=O)NC2CCCC2(C)CO)c(O)c1.